The molecule has 0 aliphatic carbocycles. The molecule has 0 spiro atoms. The Morgan fingerprint density at radius 1 is 1.80 bits per heavy atom. The molecule has 3 nitrogen and oxygen atoms in total. The van der Waals surface area contributed by atoms with Crippen LogP contribution in [0.4, 0.5) is 0 Å². The van der Waals surface area contributed by atoms with E-state index in [9.17, 15) is 5.11 Å². The minimum atomic E-state index is -2.38. The average Bonchev–Trinajstić information content (AvgIpc) is 2.12. The van der Waals surface area contributed by atoms with E-state index >= 15 is 0 Å². The summed E-state index contributed by atoms with van der Waals surface area (Å²) in [6, 6.07) is 0. The van der Waals surface area contributed by atoms with Crippen molar-refractivity contribution >= 4 is 12.4 Å². The lowest BCUT2D eigenvalue weighted by Crippen LogP contribution is -2.38. The quantitative estimate of drug-likeness (QED) is 0.528. The topological polar surface area (TPSA) is 41.5 Å². The van der Waals surface area contributed by atoms with Gasteiger partial charge in [-0.15, -0.1) is 12.4 Å². The van der Waals surface area contributed by atoms with E-state index in [2.05, 4.69) is 5.32 Å². The van der Waals surface area contributed by atoms with Crippen LogP contribution in [-0.4, -0.2) is 37.0 Å². The van der Waals surface area contributed by atoms with Crippen LogP contribution in [0, 0.1) is 0 Å². The Morgan fingerprint density at radius 2 is 2.60 bits per heavy atom. The molecule has 0 aromatic carbocycles. The zero-order chi connectivity index (χ0) is 9.24. The zero-order valence-corrected chi connectivity index (χ0v) is 6.41. The molecule has 0 aromatic rings. The fourth-order valence-electron chi connectivity index (χ4n) is 0.732. The Morgan fingerprint density at radius 3 is 3.30 bits per heavy atom. The first-order valence-corrected chi connectivity index (χ1v) is 2.97. The fourth-order valence-corrected chi connectivity index (χ4v) is 0.732. The van der Waals surface area contributed by atoms with Crippen molar-refractivity contribution in [3.8, 4) is 0 Å². The zero-order valence-electron chi connectivity index (χ0n) is 8.59. The molecule has 0 radical (unpaired) electrons. The van der Waals surface area contributed by atoms with E-state index in [1.807, 2.05) is 0 Å². The summed E-state index contributed by atoms with van der Waals surface area (Å²) in [6.07, 6.45) is 0. The number of halogens is 1. The predicted molar refractivity (Wildman–Crippen MR) is 41.6 cm³/mol. The second kappa shape index (κ2) is 4.13. The predicted octanol–water partition coefficient (Wildman–Crippen LogP) is -0.221. The first-order chi connectivity index (χ1) is 5.46. The van der Waals surface area contributed by atoms with Crippen molar-refractivity contribution in [3.63, 3.8) is 0 Å². The molecule has 1 saturated heterocycles. The molecular weight excluding hydrogens is 154 g/mol. The van der Waals surface area contributed by atoms with Gasteiger partial charge in [-0.1, -0.05) is 0 Å². The van der Waals surface area contributed by atoms with Crippen molar-refractivity contribution in [2.24, 2.45) is 0 Å². The van der Waals surface area contributed by atoms with Crippen molar-refractivity contribution in [1.82, 2.24) is 5.32 Å². The first kappa shape index (κ1) is 5.77. The maximum absolute atomic E-state index is 9.64. The molecule has 0 saturated carbocycles. The van der Waals surface area contributed by atoms with Gasteiger partial charge in [-0.25, -0.2) is 0 Å². The van der Waals surface area contributed by atoms with Crippen LogP contribution in [0.2, 0.25) is 0 Å². The van der Waals surface area contributed by atoms with Gasteiger partial charge in [0.25, 0.3) is 0 Å². The van der Waals surface area contributed by atoms with Crippen LogP contribution in [0.15, 0.2) is 0 Å². The summed E-state index contributed by atoms with van der Waals surface area (Å²) in [5.74, 6) is 0. The Hall–Kier alpha value is 0.170. The van der Waals surface area contributed by atoms with E-state index in [4.69, 9.17) is 8.85 Å². The van der Waals surface area contributed by atoms with Crippen LogP contribution in [0.5, 0.6) is 0 Å². The number of ether oxygens (including phenoxy) is 1. The third kappa shape index (κ3) is 3.37. The Kier molecular flexibility index (Phi) is 2.39. The van der Waals surface area contributed by atoms with Crippen molar-refractivity contribution in [2.45, 2.75) is 12.5 Å². The van der Waals surface area contributed by atoms with Gasteiger partial charge in [0.15, 0.2) is 0 Å². The van der Waals surface area contributed by atoms with Gasteiger partial charge in [0.05, 0.1) is 18.8 Å². The van der Waals surface area contributed by atoms with Crippen molar-refractivity contribution in [1.29, 1.82) is 0 Å². The Balaban J connectivity index is 0.00000144. The smallest absolute Gasteiger partial charge is 0.0975 e. The van der Waals surface area contributed by atoms with E-state index in [1.165, 1.54) is 0 Å². The highest BCUT2D eigenvalue weighted by Gasteiger charge is 2.21. The van der Waals surface area contributed by atoms with Gasteiger partial charge in [-0.05, 0) is 6.85 Å². The van der Waals surface area contributed by atoms with E-state index in [0.717, 1.165) is 0 Å². The SMILES string of the molecule is Cl.[2H]C([2H])([2H])C1(O)CNCCOC1. The molecule has 1 unspecified atom stereocenters. The minimum absolute atomic E-state index is 0. The second-order valence-corrected chi connectivity index (χ2v) is 2.26. The standard InChI is InChI=1S/C6H13NO2.ClH/c1-6(8)4-7-2-3-9-5-6;/h7-8H,2-5H2,1H3;1H/i1D3;. The number of rotatable bonds is 0. The lowest BCUT2D eigenvalue weighted by Gasteiger charge is -2.18. The molecule has 1 fully saturated rings. The van der Waals surface area contributed by atoms with Gasteiger partial charge in [0.2, 0.25) is 0 Å². The van der Waals surface area contributed by atoms with E-state index < -0.39 is 12.5 Å². The highest BCUT2D eigenvalue weighted by molar-refractivity contribution is 5.85. The van der Waals surface area contributed by atoms with Crippen LogP contribution in [0.1, 0.15) is 11.0 Å². The van der Waals surface area contributed by atoms with Crippen LogP contribution in [-0.2, 0) is 4.74 Å². The van der Waals surface area contributed by atoms with E-state index in [1.54, 1.807) is 0 Å². The van der Waals surface area contributed by atoms with Gasteiger partial charge >= 0.3 is 0 Å². The summed E-state index contributed by atoms with van der Waals surface area (Å²) < 4.78 is 26.2. The maximum atomic E-state index is 9.64. The summed E-state index contributed by atoms with van der Waals surface area (Å²) in [4.78, 5) is 0. The number of aliphatic hydroxyl groups is 1. The molecule has 2 N–H and O–H groups in total. The van der Waals surface area contributed by atoms with Gasteiger partial charge in [-0.3, -0.25) is 0 Å². The van der Waals surface area contributed by atoms with Crippen LogP contribution in [0.25, 0.3) is 0 Å². The van der Waals surface area contributed by atoms with Gasteiger partial charge in [0.1, 0.15) is 0 Å². The lowest BCUT2D eigenvalue weighted by molar-refractivity contribution is -0.0136. The van der Waals surface area contributed by atoms with Crippen molar-refractivity contribution < 1.29 is 14.0 Å². The number of β-amino-alcohol motifs (C(OH)–C–C–N with tert-alkyl or cyclic N) is 1. The normalized spacial score (nSPS) is 39.9. The summed E-state index contributed by atoms with van der Waals surface area (Å²) in [6.45, 7) is -1.43. The molecule has 1 aliphatic rings. The van der Waals surface area contributed by atoms with Crippen LogP contribution >= 0.6 is 12.4 Å². The number of hydrogen-bond acceptors (Lipinski definition) is 3. The molecule has 10 heavy (non-hydrogen) atoms. The molecular formula is C6H14ClNO2. The molecule has 0 amide bonds. The average molecular weight is 171 g/mol. The Labute approximate surface area is 71.4 Å². The highest BCUT2D eigenvalue weighted by atomic mass is 35.5. The highest BCUT2D eigenvalue weighted by Crippen LogP contribution is 2.03. The third-order valence-electron chi connectivity index (χ3n) is 1.18. The molecule has 1 heterocycles. The molecule has 1 aliphatic heterocycles. The third-order valence-corrected chi connectivity index (χ3v) is 1.18. The largest absolute Gasteiger partial charge is 0.386 e. The van der Waals surface area contributed by atoms with Gasteiger partial charge in [-0.2, -0.15) is 0 Å². The van der Waals surface area contributed by atoms with Crippen LogP contribution < -0.4 is 5.32 Å². The Bertz CT molecular complexity index is 156. The first-order valence-electron chi connectivity index (χ1n) is 4.47. The van der Waals surface area contributed by atoms with Gasteiger partial charge in [0, 0.05) is 17.2 Å². The summed E-state index contributed by atoms with van der Waals surface area (Å²) >= 11 is 0. The molecule has 0 bridgehead atoms. The molecule has 1 atom stereocenters. The summed E-state index contributed by atoms with van der Waals surface area (Å²) in [7, 11) is 0. The van der Waals surface area contributed by atoms with Gasteiger partial charge < -0.3 is 15.2 Å². The molecule has 4 heteroatoms. The van der Waals surface area contributed by atoms with E-state index in [0.29, 0.717) is 13.2 Å². The fraction of sp³-hybridized carbons (Fsp3) is 1.00. The summed E-state index contributed by atoms with van der Waals surface area (Å²) in [5.41, 5.74) is -1.73. The second-order valence-electron chi connectivity index (χ2n) is 2.26. The van der Waals surface area contributed by atoms with Crippen molar-refractivity contribution in [2.75, 3.05) is 26.3 Å². The molecule has 62 valence electrons. The van der Waals surface area contributed by atoms with Crippen LogP contribution in [0.3, 0.4) is 0 Å². The maximum Gasteiger partial charge on any atom is 0.0975 e. The monoisotopic (exact) mass is 170 g/mol. The summed E-state index contributed by atoms with van der Waals surface area (Å²) in [5, 5.41) is 12.4. The minimum Gasteiger partial charge on any atom is -0.386 e. The molecule has 1 rings (SSSR count). The number of hydrogen-bond donors (Lipinski definition) is 2. The van der Waals surface area contributed by atoms with Crippen molar-refractivity contribution in [3.05, 3.63) is 0 Å². The molecule has 0 aromatic heterocycles. The lowest BCUT2D eigenvalue weighted by atomic mass is 10.1. The van der Waals surface area contributed by atoms with E-state index in [-0.39, 0.29) is 25.6 Å². The number of nitrogens with one attached hydrogen (secondary N) is 1.